The predicted molar refractivity (Wildman–Crippen MR) is 157 cm³/mol. The number of imidazole rings is 1. The molecule has 1 aliphatic carbocycles. The van der Waals surface area contributed by atoms with Gasteiger partial charge in [0.05, 0.1) is 16.8 Å². The highest BCUT2D eigenvalue weighted by Crippen LogP contribution is 2.49. The highest BCUT2D eigenvalue weighted by atomic mass is 31.2. The lowest BCUT2D eigenvalue weighted by Gasteiger charge is -2.19. The average molecular weight is 651 g/mol. The van der Waals surface area contributed by atoms with Gasteiger partial charge in [-0.1, -0.05) is 32.0 Å². The second-order valence-corrected chi connectivity index (χ2v) is 14.6. The Hall–Kier alpha value is -4.06. The number of ether oxygens (including phenoxy) is 1. The van der Waals surface area contributed by atoms with Crippen molar-refractivity contribution in [2.75, 3.05) is 12.3 Å². The number of halogens is 6. The summed E-state index contributed by atoms with van der Waals surface area (Å²) in [6.07, 6.45) is -5.73. The summed E-state index contributed by atoms with van der Waals surface area (Å²) in [5.41, 5.74) is 1.57. The van der Waals surface area contributed by atoms with Crippen molar-refractivity contribution < 1.29 is 35.6 Å². The quantitative estimate of drug-likeness (QED) is 0.127. The smallest absolute Gasteiger partial charge is 0.405 e. The summed E-state index contributed by atoms with van der Waals surface area (Å²) in [4.78, 5) is 4.86. The van der Waals surface area contributed by atoms with Gasteiger partial charge in [-0.15, -0.1) is 13.2 Å². The zero-order valence-electron chi connectivity index (χ0n) is 24.7. The van der Waals surface area contributed by atoms with Gasteiger partial charge < -0.3 is 13.9 Å². The standard InChI is InChI=1S/C30H29F6N6O2P/c1-5-45(43,6-2)18-12-13-20(23(14-18)44-30(34,35)36)28-37-26(27(40(28)3)17-10-11-17)19-8-7-9-22-21(19)16-42(38-22)25-15-24(29(31,32)33)41(4)39-25/h7-9,12-17H,5-6,10-11H2,1-4H3. The zero-order chi connectivity index (χ0) is 32.5. The number of aryl methyl sites for hydroxylation is 1. The number of benzene rings is 2. The number of hydrogen-bond donors (Lipinski definition) is 0. The van der Waals surface area contributed by atoms with Crippen molar-refractivity contribution in [2.24, 2.45) is 14.1 Å². The first-order valence-electron chi connectivity index (χ1n) is 14.3. The van der Waals surface area contributed by atoms with E-state index in [2.05, 4.69) is 14.9 Å². The molecule has 2 aromatic carbocycles. The summed E-state index contributed by atoms with van der Waals surface area (Å²) in [5.74, 6) is -0.190. The van der Waals surface area contributed by atoms with Crippen LogP contribution in [0.25, 0.3) is 39.4 Å². The molecule has 0 atom stereocenters. The van der Waals surface area contributed by atoms with Crippen molar-refractivity contribution in [3.05, 3.63) is 60.0 Å². The van der Waals surface area contributed by atoms with Crippen molar-refractivity contribution in [1.29, 1.82) is 0 Å². The van der Waals surface area contributed by atoms with Crippen LogP contribution >= 0.6 is 7.14 Å². The topological polar surface area (TPSA) is 79.8 Å². The fourth-order valence-corrected chi connectivity index (χ4v) is 7.59. The molecule has 0 N–H and O–H groups in total. The van der Waals surface area contributed by atoms with E-state index in [1.807, 2.05) is 0 Å². The second-order valence-electron chi connectivity index (χ2n) is 11.1. The molecule has 1 aliphatic rings. The second kappa shape index (κ2) is 10.8. The minimum atomic E-state index is -5.00. The van der Waals surface area contributed by atoms with Crippen molar-refractivity contribution >= 4 is 23.3 Å². The molecule has 1 fully saturated rings. The number of alkyl halides is 6. The summed E-state index contributed by atoms with van der Waals surface area (Å²) < 4.78 is 103. The zero-order valence-corrected chi connectivity index (χ0v) is 25.6. The normalized spacial score (nSPS) is 14.4. The Balaban J connectivity index is 1.51. The highest BCUT2D eigenvalue weighted by Gasteiger charge is 2.37. The summed E-state index contributed by atoms with van der Waals surface area (Å²) in [6.45, 7) is 3.47. The lowest BCUT2D eigenvalue weighted by molar-refractivity contribution is -0.274. The van der Waals surface area contributed by atoms with Gasteiger partial charge in [0, 0.05) is 66.5 Å². The van der Waals surface area contributed by atoms with Crippen LogP contribution in [0.4, 0.5) is 26.3 Å². The predicted octanol–water partition coefficient (Wildman–Crippen LogP) is 7.65. The number of nitrogens with zero attached hydrogens (tertiary/aromatic N) is 6. The first-order chi connectivity index (χ1) is 21.1. The van der Waals surface area contributed by atoms with Gasteiger partial charge in [0.25, 0.3) is 0 Å². The Labute approximate surface area is 254 Å². The van der Waals surface area contributed by atoms with Crippen LogP contribution in [0.3, 0.4) is 0 Å². The summed E-state index contributed by atoms with van der Waals surface area (Å²) in [5, 5.41) is 9.32. The van der Waals surface area contributed by atoms with Gasteiger partial charge >= 0.3 is 12.5 Å². The molecule has 0 aliphatic heterocycles. The molecule has 6 rings (SSSR count). The molecule has 15 heteroatoms. The third-order valence-corrected chi connectivity index (χ3v) is 11.5. The van der Waals surface area contributed by atoms with E-state index < -0.39 is 31.1 Å². The van der Waals surface area contributed by atoms with Gasteiger partial charge in [0.1, 0.15) is 24.4 Å². The van der Waals surface area contributed by atoms with Crippen LogP contribution in [0.1, 0.15) is 44.0 Å². The Morgan fingerprint density at radius 1 is 0.956 bits per heavy atom. The van der Waals surface area contributed by atoms with E-state index >= 15 is 0 Å². The summed E-state index contributed by atoms with van der Waals surface area (Å²) >= 11 is 0. The number of aromatic nitrogens is 6. The SMILES string of the molecule is CCP(=O)(CC)c1ccc(-c2nc(-c3cccc4nn(-c5cc(C(F)(F)F)n(C)n5)cc34)c(C3CC3)n2C)c(OC(F)(F)F)c1. The molecule has 3 heterocycles. The molecule has 0 saturated heterocycles. The van der Waals surface area contributed by atoms with Crippen LogP contribution in [-0.2, 0) is 24.8 Å². The monoisotopic (exact) mass is 650 g/mol. The number of rotatable bonds is 8. The van der Waals surface area contributed by atoms with E-state index in [0.29, 0.717) is 39.8 Å². The van der Waals surface area contributed by atoms with E-state index in [0.717, 1.165) is 29.3 Å². The van der Waals surface area contributed by atoms with Gasteiger partial charge in [-0.3, -0.25) is 4.68 Å². The van der Waals surface area contributed by atoms with E-state index in [4.69, 9.17) is 4.98 Å². The Kier molecular flexibility index (Phi) is 7.42. The van der Waals surface area contributed by atoms with Gasteiger partial charge in [0.15, 0.2) is 5.82 Å². The van der Waals surface area contributed by atoms with Gasteiger partial charge in [-0.25, -0.2) is 9.67 Å². The van der Waals surface area contributed by atoms with Crippen molar-refractivity contribution in [3.63, 3.8) is 0 Å². The third kappa shape index (κ3) is 5.64. The van der Waals surface area contributed by atoms with Crippen molar-refractivity contribution in [3.8, 4) is 34.2 Å². The average Bonchev–Trinajstić information content (AvgIpc) is 3.41. The third-order valence-electron chi connectivity index (χ3n) is 8.22. The number of hydrogen-bond acceptors (Lipinski definition) is 5. The molecule has 0 radical (unpaired) electrons. The lowest BCUT2D eigenvalue weighted by atomic mass is 10.0. The molecule has 45 heavy (non-hydrogen) atoms. The maximum Gasteiger partial charge on any atom is 0.573 e. The molecule has 5 aromatic rings. The summed E-state index contributed by atoms with van der Waals surface area (Å²) in [7, 11) is 0.00387. The fraction of sp³-hybridized carbons (Fsp3) is 0.367. The lowest BCUT2D eigenvalue weighted by Crippen LogP contribution is -2.19. The molecule has 0 spiro atoms. The largest absolute Gasteiger partial charge is 0.573 e. The molecular formula is C30H29F6N6O2P. The molecular weight excluding hydrogens is 621 g/mol. The first kappa shape index (κ1) is 30.9. The van der Waals surface area contributed by atoms with Crippen LogP contribution < -0.4 is 10.0 Å². The Morgan fingerprint density at radius 3 is 2.27 bits per heavy atom. The van der Waals surface area contributed by atoms with E-state index in [1.54, 1.807) is 55.9 Å². The molecule has 8 nitrogen and oxygen atoms in total. The van der Waals surface area contributed by atoms with Gasteiger partial charge in [0.2, 0.25) is 0 Å². The van der Waals surface area contributed by atoms with Crippen LogP contribution in [-0.4, -0.2) is 47.8 Å². The van der Waals surface area contributed by atoms with Gasteiger partial charge in [-0.05, 0) is 31.0 Å². The van der Waals surface area contributed by atoms with Crippen LogP contribution in [0.5, 0.6) is 5.75 Å². The summed E-state index contributed by atoms with van der Waals surface area (Å²) in [6, 6.07) is 10.4. The van der Waals surface area contributed by atoms with E-state index in [1.165, 1.54) is 23.9 Å². The molecule has 3 aromatic heterocycles. The van der Waals surface area contributed by atoms with Crippen LogP contribution in [0.2, 0.25) is 0 Å². The van der Waals surface area contributed by atoms with E-state index in [-0.39, 0.29) is 23.1 Å². The molecule has 0 bridgehead atoms. The first-order valence-corrected chi connectivity index (χ1v) is 16.4. The maximum absolute atomic E-state index is 13.6. The van der Waals surface area contributed by atoms with Crippen LogP contribution in [0, 0.1) is 0 Å². The molecule has 1 saturated carbocycles. The minimum absolute atomic E-state index is 0.0263. The molecule has 0 amide bonds. The molecule has 238 valence electrons. The van der Waals surface area contributed by atoms with Crippen molar-refractivity contribution in [1.82, 2.24) is 29.1 Å². The van der Waals surface area contributed by atoms with Crippen molar-refractivity contribution in [2.45, 2.75) is 45.1 Å². The van der Waals surface area contributed by atoms with Crippen LogP contribution in [0.15, 0.2) is 48.7 Å². The molecule has 0 unspecified atom stereocenters. The Bertz CT molecular complexity index is 1960. The maximum atomic E-state index is 13.6. The van der Waals surface area contributed by atoms with E-state index in [9.17, 15) is 30.9 Å². The minimum Gasteiger partial charge on any atom is -0.405 e. The highest BCUT2D eigenvalue weighted by molar-refractivity contribution is 7.71. The van der Waals surface area contributed by atoms with Gasteiger partial charge in [-0.2, -0.15) is 23.4 Å². The fourth-order valence-electron chi connectivity index (χ4n) is 5.72. The number of fused-ring (bicyclic) bond motifs is 1. The Morgan fingerprint density at radius 2 is 1.67 bits per heavy atom.